The highest BCUT2D eigenvalue weighted by Crippen LogP contribution is 2.44. The average Bonchev–Trinajstić information content (AvgIpc) is 3.22. The highest BCUT2D eigenvalue weighted by molar-refractivity contribution is 14.1. The largest absolute Gasteiger partial charge is 0.507 e. The van der Waals surface area contributed by atoms with E-state index in [-0.39, 0.29) is 11.7 Å². The van der Waals surface area contributed by atoms with E-state index in [0.717, 1.165) is 3.57 Å². The molecule has 0 saturated heterocycles. The molecule has 0 aromatic heterocycles. The molecule has 1 aromatic carbocycles. The zero-order chi connectivity index (χ0) is 12.7. The van der Waals surface area contributed by atoms with Gasteiger partial charge in [0.15, 0.2) is 0 Å². The second-order valence-corrected chi connectivity index (χ2v) is 6.50. The van der Waals surface area contributed by atoms with Crippen molar-refractivity contribution in [3.63, 3.8) is 0 Å². The van der Waals surface area contributed by atoms with Gasteiger partial charge in [-0.25, -0.2) is 0 Å². The number of aromatic hydroxyl groups is 1. The first kappa shape index (κ1) is 12.3. The molecule has 0 unspecified atom stereocenters. The second-order valence-electron chi connectivity index (χ2n) is 5.34. The lowest BCUT2D eigenvalue weighted by Crippen LogP contribution is -2.38. The number of benzene rings is 1. The van der Waals surface area contributed by atoms with Crippen molar-refractivity contribution >= 4 is 28.5 Å². The number of nitrogens with one attached hydrogen (secondary N) is 1. The summed E-state index contributed by atoms with van der Waals surface area (Å²) in [6.45, 7) is 0. The summed E-state index contributed by atoms with van der Waals surface area (Å²) in [5.41, 5.74) is 0.555. The number of phenolic OH excluding ortho intramolecular Hbond substituents is 1. The minimum atomic E-state index is -0.0505. The van der Waals surface area contributed by atoms with Gasteiger partial charge in [0.1, 0.15) is 5.75 Å². The summed E-state index contributed by atoms with van der Waals surface area (Å²) in [5.74, 6) is 1.51. The molecule has 0 spiro atoms. The molecule has 3 nitrogen and oxygen atoms in total. The summed E-state index contributed by atoms with van der Waals surface area (Å²) in [5, 5.41) is 12.8. The Morgan fingerprint density at radius 3 is 2.39 bits per heavy atom. The molecule has 2 aliphatic rings. The van der Waals surface area contributed by atoms with E-state index in [0.29, 0.717) is 23.4 Å². The Kier molecular flexibility index (Phi) is 3.21. The Labute approximate surface area is 120 Å². The fourth-order valence-corrected chi connectivity index (χ4v) is 2.76. The van der Waals surface area contributed by atoms with Crippen molar-refractivity contribution in [1.29, 1.82) is 0 Å². The van der Waals surface area contributed by atoms with Crippen molar-refractivity contribution in [3.8, 4) is 5.75 Å². The number of halogens is 1. The highest BCUT2D eigenvalue weighted by Gasteiger charge is 2.42. The maximum Gasteiger partial charge on any atom is 0.251 e. The minimum Gasteiger partial charge on any atom is -0.507 e. The normalized spacial score (nSPS) is 19.0. The molecule has 0 aliphatic heterocycles. The van der Waals surface area contributed by atoms with Gasteiger partial charge in [0.25, 0.3) is 5.91 Å². The van der Waals surface area contributed by atoms with Crippen LogP contribution in [0.5, 0.6) is 5.75 Å². The first-order valence-electron chi connectivity index (χ1n) is 6.44. The summed E-state index contributed by atoms with van der Waals surface area (Å²) in [7, 11) is 0. The second kappa shape index (κ2) is 4.72. The monoisotopic (exact) mass is 357 g/mol. The summed E-state index contributed by atoms with van der Waals surface area (Å²) in [6, 6.07) is 5.45. The Morgan fingerprint density at radius 1 is 1.28 bits per heavy atom. The van der Waals surface area contributed by atoms with Crippen molar-refractivity contribution in [2.45, 2.75) is 31.7 Å². The highest BCUT2D eigenvalue weighted by atomic mass is 127. The van der Waals surface area contributed by atoms with Gasteiger partial charge in [-0.1, -0.05) is 0 Å². The van der Waals surface area contributed by atoms with Crippen LogP contribution in [0.2, 0.25) is 0 Å². The van der Waals surface area contributed by atoms with Crippen molar-refractivity contribution in [1.82, 2.24) is 5.32 Å². The van der Waals surface area contributed by atoms with Crippen molar-refractivity contribution in [2.24, 2.45) is 11.8 Å². The van der Waals surface area contributed by atoms with Gasteiger partial charge >= 0.3 is 0 Å². The molecular formula is C14H16INO2. The van der Waals surface area contributed by atoms with Crippen LogP contribution in [0.15, 0.2) is 18.2 Å². The SMILES string of the molecule is O=C(NC(C1CC1)C1CC1)c1ccc(I)c(O)c1. The van der Waals surface area contributed by atoms with Gasteiger partial charge in [0.2, 0.25) is 0 Å². The van der Waals surface area contributed by atoms with E-state index in [4.69, 9.17) is 0 Å². The average molecular weight is 357 g/mol. The number of hydrogen-bond donors (Lipinski definition) is 2. The standard InChI is InChI=1S/C14H16INO2/c15-11-6-5-10(7-12(11)17)14(18)16-13(8-1-2-8)9-3-4-9/h5-9,13,17H,1-4H2,(H,16,18). The first-order chi connectivity index (χ1) is 8.65. The Morgan fingerprint density at radius 2 is 1.89 bits per heavy atom. The molecular weight excluding hydrogens is 341 g/mol. The molecule has 2 saturated carbocycles. The molecule has 1 amide bonds. The number of hydrogen-bond acceptors (Lipinski definition) is 2. The molecule has 96 valence electrons. The van der Waals surface area contributed by atoms with Crippen LogP contribution in [0.1, 0.15) is 36.0 Å². The van der Waals surface area contributed by atoms with Crippen LogP contribution >= 0.6 is 22.6 Å². The van der Waals surface area contributed by atoms with Crippen LogP contribution in [0, 0.1) is 15.4 Å². The molecule has 0 bridgehead atoms. The lowest BCUT2D eigenvalue weighted by atomic mass is 10.1. The molecule has 2 aliphatic carbocycles. The molecule has 1 aromatic rings. The van der Waals surface area contributed by atoms with Crippen LogP contribution < -0.4 is 5.32 Å². The zero-order valence-corrected chi connectivity index (χ0v) is 12.2. The van der Waals surface area contributed by atoms with Crippen LogP contribution in [0.3, 0.4) is 0 Å². The summed E-state index contributed by atoms with van der Waals surface area (Å²) in [6.07, 6.45) is 5.00. The number of amides is 1. The van der Waals surface area contributed by atoms with Crippen LogP contribution in [0.4, 0.5) is 0 Å². The van der Waals surface area contributed by atoms with E-state index in [1.807, 2.05) is 22.6 Å². The number of carbonyl (C=O) groups is 1. The van der Waals surface area contributed by atoms with Gasteiger partial charge in [0.05, 0.1) is 3.57 Å². The number of carbonyl (C=O) groups excluding carboxylic acids is 1. The smallest absolute Gasteiger partial charge is 0.251 e. The molecule has 3 rings (SSSR count). The Hall–Kier alpha value is -0.780. The quantitative estimate of drug-likeness (QED) is 0.815. The van der Waals surface area contributed by atoms with Crippen LogP contribution in [-0.4, -0.2) is 17.1 Å². The summed E-state index contributed by atoms with van der Waals surface area (Å²) < 4.78 is 0.769. The predicted octanol–water partition coefficient (Wildman–Crippen LogP) is 2.92. The zero-order valence-electron chi connectivity index (χ0n) is 10.0. The van der Waals surface area contributed by atoms with Crippen LogP contribution in [0.25, 0.3) is 0 Å². The Balaban J connectivity index is 1.71. The van der Waals surface area contributed by atoms with Crippen molar-refractivity contribution in [2.75, 3.05) is 0 Å². The van der Waals surface area contributed by atoms with Crippen LogP contribution in [-0.2, 0) is 0 Å². The van der Waals surface area contributed by atoms with Gasteiger partial charge in [-0.3, -0.25) is 4.79 Å². The maximum atomic E-state index is 12.2. The van der Waals surface area contributed by atoms with Gasteiger partial charge < -0.3 is 10.4 Å². The maximum absolute atomic E-state index is 12.2. The third kappa shape index (κ3) is 2.63. The topological polar surface area (TPSA) is 49.3 Å². The minimum absolute atomic E-state index is 0.0505. The molecule has 2 N–H and O–H groups in total. The molecule has 0 radical (unpaired) electrons. The van der Waals surface area contributed by atoms with E-state index in [1.54, 1.807) is 18.2 Å². The summed E-state index contributed by atoms with van der Waals surface area (Å²) >= 11 is 2.05. The Bertz CT molecular complexity index is 469. The molecule has 0 atom stereocenters. The van der Waals surface area contributed by atoms with Crippen molar-refractivity contribution in [3.05, 3.63) is 27.3 Å². The summed E-state index contributed by atoms with van der Waals surface area (Å²) in [4.78, 5) is 12.2. The molecule has 0 heterocycles. The van der Waals surface area contributed by atoms with E-state index in [9.17, 15) is 9.90 Å². The van der Waals surface area contributed by atoms with Gasteiger partial charge in [0, 0.05) is 11.6 Å². The number of rotatable bonds is 4. The van der Waals surface area contributed by atoms with E-state index >= 15 is 0 Å². The number of phenols is 1. The van der Waals surface area contributed by atoms with E-state index in [2.05, 4.69) is 5.32 Å². The van der Waals surface area contributed by atoms with E-state index in [1.165, 1.54) is 25.7 Å². The third-order valence-electron chi connectivity index (χ3n) is 3.77. The molecule has 2 fully saturated rings. The predicted molar refractivity (Wildman–Crippen MR) is 77.5 cm³/mol. The van der Waals surface area contributed by atoms with Gasteiger partial charge in [-0.2, -0.15) is 0 Å². The first-order valence-corrected chi connectivity index (χ1v) is 7.52. The van der Waals surface area contributed by atoms with Gasteiger partial charge in [-0.05, 0) is 78.3 Å². The van der Waals surface area contributed by atoms with E-state index < -0.39 is 0 Å². The lowest BCUT2D eigenvalue weighted by molar-refractivity contribution is 0.0926. The van der Waals surface area contributed by atoms with Crippen molar-refractivity contribution < 1.29 is 9.90 Å². The van der Waals surface area contributed by atoms with Gasteiger partial charge in [-0.15, -0.1) is 0 Å². The molecule has 4 heteroatoms. The fraction of sp³-hybridized carbons (Fsp3) is 0.500. The fourth-order valence-electron chi connectivity index (χ4n) is 2.42. The molecule has 18 heavy (non-hydrogen) atoms. The third-order valence-corrected chi connectivity index (χ3v) is 4.68. The lowest BCUT2D eigenvalue weighted by Gasteiger charge is -2.17.